The Morgan fingerprint density at radius 1 is 1.00 bits per heavy atom. The van der Waals surface area contributed by atoms with E-state index in [-0.39, 0.29) is 24.4 Å². The zero-order valence-electron chi connectivity index (χ0n) is 18.0. The van der Waals surface area contributed by atoms with E-state index in [1.165, 1.54) is 5.56 Å². The second-order valence-corrected chi connectivity index (χ2v) is 8.61. The predicted octanol–water partition coefficient (Wildman–Crippen LogP) is 5.43. The predicted molar refractivity (Wildman–Crippen MR) is 124 cm³/mol. The summed E-state index contributed by atoms with van der Waals surface area (Å²) in [4.78, 5) is 27.3. The summed E-state index contributed by atoms with van der Waals surface area (Å²) < 4.78 is 0. The van der Waals surface area contributed by atoms with Crippen molar-refractivity contribution in [3.63, 3.8) is 0 Å². The summed E-state index contributed by atoms with van der Waals surface area (Å²) in [6.07, 6.45) is 1.92. The molecule has 0 fully saturated rings. The summed E-state index contributed by atoms with van der Waals surface area (Å²) in [5.41, 5.74) is 3.12. The van der Waals surface area contributed by atoms with Gasteiger partial charge in [-0.15, -0.1) is 0 Å². The van der Waals surface area contributed by atoms with Gasteiger partial charge < -0.3 is 10.2 Å². The van der Waals surface area contributed by atoms with Gasteiger partial charge in [-0.1, -0.05) is 60.5 Å². The monoisotopic (exact) mass is 448 g/mol. The quantitative estimate of drug-likeness (QED) is 0.555. The molecule has 0 heterocycles. The number of carbonyl (C=O) groups is 2. The summed E-state index contributed by atoms with van der Waals surface area (Å²) in [5, 5.41) is 3.90. The zero-order valence-corrected chi connectivity index (χ0v) is 19.6. The first-order valence-electron chi connectivity index (χ1n) is 10.3. The van der Waals surface area contributed by atoms with Crippen LogP contribution in [0.3, 0.4) is 0 Å². The van der Waals surface area contributed by atoms with Crippen molar-refractivity contribution >= 4 is 35.0 Å². The Labute approximate surface area is 189 Å². The van der Waals surface area contributed by atoms with E-state index < -0.39 is 6.04 Å². The molecule has 2 aromatic carbocycles. The standard InChI is InChI=1S/C24H30Cl2N2O2/c1-5-18-6-8-19(9-7-18)10-13-23(29)28(17(4)24(30)27-16(2)3)15-20-11-12-21(25)14-22(20)26/h6-9,11-12,14,16-17H,5,10,13,15H2,1-4H3,(H,27,30). The number of benzene rings is 2. The molecule has 0 saturated carbocycles. The molecule has 30 heavy (non-hydrogen) atoms. The number of nitrogens with zero attached hydrogens (tertiary/aromatic N) is 1. The van der Waals surface area contributed by atoms with E-state index in [1.807, 2.05) is 13.8 Å². The highest BCUT2D eigenvalue weighted by atomic mass is 35.5. The molecule has 2 rings (SSSR count). The van der Waals surface area contributed by atoms with Gasteiger partial charge in [0.1, 0.15) is 6.04 Å². The van der Waals surface area contributed by atoms with E-state index >= 15 is 0 Å². The molecular formula is C24H30Cl2N2O2. The van der Waals surface area contributed by atoms with E-state index in [0.717, 1.165) is 17.5 Å². The first-order chi connectivity index (χ1) is 14.2. The average molecular weight is 449 g/mol. The lowest BCUT2D eigenvalue weighted by atomic mass is 10.0. The average Bonchev–Trinajstić information content (AvgIpc) is 2.71. The van der Waals surface area contributed by atoms with E-state index in [1.54, 1.807) is 30.0 Å². The summed E-state index contributed by atoms with van der Waals surface area (Å²) >= 11 is 12.3. The molecule has 1 N–H and O–H groups in total. The fourth-order valence-electron chi connectivity index (χ4n) is 3.16. The molecule has 0 radical (unpaired) electrons. The first kappa shape index (κ1) is 24.2. The Balaban J connectivity index is 2.17. The maximum absolute atomic E-state index is 13.1. The topological polar surface area (TPSA) is 49.4 Å². The summed E-state index contributed by atoms with van der Waals surface area (Å²) in [6.45, 7) is 7.90. The number of nitrogens with one attached hydrogen (secondary N) is 1. The van der Waals surface area contributed by atoms with E-state index in [9.17, 15) is 9.59 Å². The van der Waals surface area contributed by atoms with Gasteiger partial charge in [-0.3, -0.25) is 9.59 Å². The van der Waals surface area contributed by atoms with Gasteiger partial charge >= 0.3 is 0 Å². The molecule has 0 saturated heterocycles. The number of hydrogen-bond donors (Lipinski definition) is 1. The fraction of sp³-hybridized carbons (Fsp3) is 0.417. The van der Waals surface area contributed by atoms with Crippen LogP contribution in [0.1, 0.15) is 50.8 Å². The summed E-state index contributed by atoms with van der Waals surface area (Å²) in [5.74, 6) is -0.275. The van der Waals surface area contributed by atoms with Crippen LogP contribution in [0.25, 0.3) is 0 Å². The third-order valence-corrected chi connectivity index (χ3v) is 5.60. The molecule has 2 aromatic rings. The summed E-state index contributed by atoms with van der Waals surface area (Å²) in [7, 11) is 0. The molecule has 2 amide bonds. The lowest BCUT2D eigenvalue weighted by Gasteiger charge is -2.30. The number of carbonyl (C=O) groups excluding carboxylic acids is 2. The third-order valence-electron chi connectivity index (χ3n) is 5.01. The van der Waals surface area contributed by atoms with Crippen LogP contribution in [0, 0.1) is 0 Å². The molecule has 0 bridgehead atoms. The van der Waals surface area contributed by atoms with Gasteiger partial charge in [0.2, 0.25) is 11.8 Å². The molecule has 0 aliphatic rings. The molecule has 0 aliphatic carbocycles. The van der Waals surface area contributed by atoms with Crippen LogP contribution in [-0.4, -0.2) is 28.8 Å². The first-order valence-corrected chi connectivity index (χ1v) is 11.1. The molecule has 162 valence electrons. The van der Waals surface area contributed by atoms with Crippen molar-refractivity contribution in [3.05, 3.63) is 69.2 Å². The Kier molecular flexibility index (Phi) is 9.19. The zero-order chi connectivity index (χ0) is 22.3. The second-order valence-electron chi connectivity index (χ2n) is 7.77. The Bertz CT molecular complexity index is 866. The van der Waals surface area contributed by atoms with Gasteiger partial charge in [0, 0.05) is 29.1 Å². The molecule has 1 unspecified atom stereocenters. The molecule has 6 heteroatoms. The molecule has 4 nitrogen and oxygen atoms in total. The maximum atomic E-state index is 13.1. The normalized spacial score (nSPS) is 12.0. The van der Waals surface area contributed by atoms with Gasteiger partial charge in [0.25, 0.3) is 0 Å². The van der Waals surface area contributed by atoms with Crippen LogP contribution in [-0.2, 0) is 29.0 Å². The highest BCUT2D eigenvalue weighted by Gasteiger charge is 2.26. The van der Waals surface area contributed by atoms with Gasteiger partial charge in [0.15, 0.2) is 0 Å². The lowest BCUT2D eigenvalue weighted by Crippen LogP contribution is -2.49. The number of amides is 2. The van der Waals surface area contributed by atoms with Crippen LogP contribution in [0.5, 0.6) is 0 Å². The highest BCUT2D eigenvalue weighted by Crippen LogP contribution is 2.23. The Hall–Kier alpha value is -2.04. The van der Waals surface area contributed by atoms with Crippen molar-refractivity contribution < 1.29 is 9.59 Å². The van der Waals surface area contributed by atoms with Crippen molar-refractivity contribution in [1.82, 2.24) is 10.2 Å². The SMILES string of the molecule is CCc1ccc(CCC(=O)N(Cc2ccc(Cl)cc2Cl)C(C)C(=O)NC(C)C)cc1. The van der Waals surface area contributed by atoms with Crippen LogP contribution in [0.4, 0.5) is 0 Å². The molecule has 0 spiro atoms. The van der Waals surface area contributed by atoms with Crippen molar-refractivity contribution in [2.75, 3.05) is 0 Å². The van der Waals surface area contributed by atoms with Crippen molar-refractivity contribution in [2.45, 2.75) is 65.6 Å². The molecular weight excluding hydrogens is 419 g/mol. The van der Waals surface area contributed by atoms with Crippen LogP contribution in [0.15, 0.2) is 42.5 Å². The minimum Gasteiger partial charge on any atom is -0.352 e. The highest BCUT2D eigenvalue weighted by molar-refractivity contribution is 6.35. The second kappa shape index (κ2) is 11.4. The van der Waals surface area contributed by atoms with Crippen molar-refractivity contribution in [1.29, 1.82) is 0 Å². The van der Waals surface area contributed by atoms with Gasteiger partial charge in [-0.05, 0) is 62.4 Å². The van der Waals surface area contributed by atoms with Crippen LogP contribution < -0.4 is 5.32 Å². The number of hydrogen-bond acceptors (Lipinski definition) is 2. The van der Waals surface area contributed by atoms with E-state index in [0.29, 0.717) is 22.9 Å². The Morgan fingerprint density at radius 3 is 2.20 bits per heavy atom. The number of halogens is 2. The molecule has 0 aliphatic heterocycles. The van der Waals surface area contributed by atoms with Crippen molar-refractivity contribution in [3.8, 4) is 0 Å². The van der Waals surface area contributed by atoms with E-state index in [4.69, 9.17) is 23.2 Å². The number of rotatable bonds is 9. The maximum Gasteiger partial charge on any atom is 0.242 e. The minimum absolute atomic E-state index is 0.00639. The van der Waals surface area contributed by atoms with Gasteiger partial charge in [-0.2, -0.15) is 0 Å². The molecule has 0 aromatic heterocycles. The number of aryl methyl sites for hydroxylation is 2. The minimum atomic E-state index is -0.617. The summed E-state index contributed by atoms with van der Waals surface area (Å²) in [6, 6.07) is 12.8. The van der Waals surface area contributed by atoms with Crippen molar-refractivity contribution in [2.24, 2.45) is 0 Å². The fourth-order valence-corrected chi connectivity index (χ4v) is 3.63. The Morgan fingerprint density at radius 2 is 1.63 bits per heavy atom. The van der Waals surface area contributed by atoms with Crippen LogP contribution in [0.2, 0.25) is 10.0 Å². The molecule has 1 atom stereocenters. The van der Waals surface area contributed by atoms with Crippen LogP contribution >= 0.6 is 23.2 Å². The third kappa shape index (κ3) is 7.03. The lowest BCUT2D eigenvalue weighted by molar-refractivity contribution is -0.140. The van der Waals surface area contributed by atoms with Gasteiger partial charge in [-0.25, -0.2) is 0 Å². The largest absolute Gasteiger partial charge is 0.352 e. The van der Waals surface area contributed by atoms with E-state index in [2.05, 4.69) is 36.5 Å². The van der Waals surface area contributed by atoms with Gasteiger partial charge in [0.05, 0.1) is 0 Å². The smallest absolute Gasteiger partial charge is 0.242 e.